The van der Waals surface area contributed by atoms with Gasteiger partial charge in [-0.3, -0.25) is 0 Å². The highest BCUT2D eigenvalue weighted by Crippen LogP contribution is 2.35. The molecular formula is C42H26N6S. The molecule has 0 fully saturated rings. The molecule has 4 aromatic heterocycles. The van der Waals surface area contributed by atoms with Crippen molar-refractivity contribution in [3.8, 4) is 67.8 Å². The normalized spacial score (nSPS) is 11.3. The Kier molecular flexibility index (Phi) is 7.22. The predicted molar refractivity (Wildman–Crippen MR) is 199 cm³/mol. The highest BCUT2D eigenvalue weighted by molar-refractivity contribution is 7.25. The van der Waals surface area contributed by atoms with Crippen molar-refractivity contribution in [2.24, 2.45) is 0 Å². The summed E-state index contributed by atoms with van der Waals surface area (Å²) in [4.78, 5) is 30.2. The zero-order chi connectivity index (χ0) is 32.6. The number of hydrogen-bond acceptors (Lipinski definition) is 7. The second-order valence-electron chi connectivity index (χ2n) is 11.6. The SMILES string of the molecule is c1ccc(-c2cccc(-c3nc(-c4ccccc4)nc(-c4ccc(-c5cnc6sc7cnc(-c8ccccc8)nc7c6c5)cc4)n3)c2)cc1. The van der Waals surface area contributed by atoms with Crippen molar-refractivity contribution in [3.05, 3.63) is 158 Å². The standard InChI is InChI=1S/C42H26N6S/c1-4-11-27(12-5-1)32-17-10-18-33(23-32)41-47-39(30-15-8-3-9-16-30)46-40(48-41)31-21-19-28(20-22-31)34-24-35-37-36(49-42(35)44-25-34)26-43-38(45-37)29-13-6-2-7-14-29/h1-26H. The zero-order valence-corrected chi connectivity index (χ0v) is 26.9. The molecule has 0 aliphatic heterocycles. The van der Waals surface area contributed by atoms with Crippen LogP contribution in [0.2, 0.25) is 0 Å². The molecule has 0 bridgehead atoms. The third-order valence-corrected chi connectivity index (χ3v) is 9.51. The molecule has 0 radical (unpaired) electrons. The minimum absolute atomic E-state index is 0.614. The first-order chi connectivity index (χ1) is 24.2. The van der Waals surface area contributed by atoms with Gasteiger partial charge in [0.1, 0.15) is 4.83 Å². The van der Waals surface area contributed by atoms with E-state index in [0.29, 0.717) is 23.3 Å². The molecule has 4 heterocycles. The Morgan fingerprint density at radius 1 is 0.347 bits per heavy atom. The van der Waals surface area contributed by atoms with Crippen molar-refractivity contribution in [2.45, 2.75) is 0 Å². The number of pyridine rings is 1. The molecule has 49 heavy (non-hydrogen) atoms. The number of thiophene rings is 1. The maximum Gasteiger partial charge on any atom is 0.164 e. The summed E-state index contributed by atoms with van der Waals surface area (Å²) in [6.45, 7) is 0. The summed E-state index contributed by atoms with van der Waals surface area (Å²) in [6, 6.07) is 49.3. The van der Waals surface area contributed by atoms with Gasteiger partial charge in [0.25, 0.3) is 0 Å². The third-order valence-electron chi connectivity index (χ3n) is 8.47. The Balaban J connectivity index is 1.09. The van der Waals surface area contributed by atoms with Gasteiger partial charge in [0.15, 0.2) is 23.3 Å². The Labute approximate surface area is 286 Å². The lowest BCUT2D eigenvalue weighted by molar-refractivity contribution is 1.07. The molecule has 9 rings (SSSR count). The van der Waals surface area contributed by atoms with Crippen LogP contribution in [-0.4, -0.2) is 29.9 Å². The fourth-order valence-electron chi connectivity index (χ4n) is 5.96. The lowest BCUT2D eigenvalue weighted by atomic mass is 10.0. The van der Waals surface area contributed by atoms with Crippen LogP contribution in [0.1, 0.15) is 0 Å². The fourth-order valence-corrected chi connectivity index (χ4v) is 6.90. The highest BCUT2D eigenvalue weighted by Gasteiger charge is 2.15. The van der Waals surface area contributed by atoms with Gasteiger partial charge in [-0.1, -0.05) is 133 Å². The third kappa shape index (κ3) is 5.62. The van der Waals surface area contributed by atoms with Crippen molar-refractivity contribution in [1.29, 1.82) is 0 Å². The van der Waals surface area contributed by atoms with Gasteiger partial charge in [-0.05, 0) is 28.8 Å². The molecule has 0 saturated heterocycles. The van der Waals surface area contributed by atoms with Gasteiger partial charge in [-0.2, -0.15) is 0 Å². The lowest BCUT2D eigenvalue weighted by Gasteiger charge is -2.10. The van der Waals surface area contributed by atoms with E-state index in [1.165, 1.54) is 0 Å². The molecule has 6 nitrogen and oxygen atoms in total. The lowest BCUT2D eigenvalue weighted by Crippen LogP contribution is -2.00. The number of aromatic nitrogens is 6. The topological polar surface area (TPSA) is 77.3 Å². The second-order valence-corrected chi connectivity index (χ2v) is 12.7. The maximum absolute atomic E-state index is 4.99. The van der Waals surface area contributed by atoms with Crippen LogP contribution in [0.3, 0.4) is 0 Å². The van der Waals surface area contributed by atoms with Gasteiger partial charge in [-0.15, -0.1) is 11.3 Å². The molecule has 0 aliphatic carbocycles. The van der Waals surface area contributed by atoms with E-state index in [1.54, 1.807) is 11.3 Å². The van der Waals surface area contributed by atoms with Crippen molar-refractivity contribution < 1.29 is 0 Å². The first-order valence-electron chi connectivity index (χ1n) is 15.9. The van der Waals surface area contributed by atoms with Crippen molar-refractivity contribution in [1.82, 2.24) is 29.9 Å². The zero-order valence-electron chi connectivity index (χ0n) is 26.1. The smallest absolute Gasteiger partial charge is 0.164 e. The van der Waals surface area contributed by atoms with Gasteiger partial charge >= 0.3 is 0 Å². The molecule has 0 unspecified atom stereocenters. The number of rotatable bonds is 6. The predicted octanol–water partition coefficient (Wildman–Crippen LogP) is 10.4. The maximum atomic E-state index is 4.99. The monoisotopic (exact) mass is 646 g/mol. The largest absolute Gasteiger partial charge is 0.245 e. The Bertz CT molecular complexity index is 2590. The van der Waals surface area contributed by atoms with E-state index in [1.807, 2.05) is 97.3 Å². The molecule has 0 saturated carbocycles. The number of fused-ring (bicyclic) bond motifs is 3. The van der Waals surface area contributed by atoms with Crippen LogP contribution in [0.4, 0.5) is 0 Å². The van der Waals surface area contributed by atoms with Crippen LogP contribution in [-0.2, 0) is 0 Å². The number of benzene rings is 5. The molecule has 230 valence electrons. The highest BCUT2D eigenvalue weighted by atomic mass is 32.1. The van der Waals surface area contributed by atoms with Gasteiger partial charge in [-0.25, -0.2) is 29.9 Å². The summed E-state index contributed by atoms with van der Waals surface area (Å²) < 4.78 is 1.02. The minimum Gasteiger partial charge on any atom is -0.245 e. The summed E-state index contributed by atoms with van der Waals surface area (Å²) in [6.07, 6.45) is 3.82. The summed E-state index contributed by atoms with van der Waals surface area (Å²) in [7, 11) is 0. The van der Waals surface area contributed by atoms with E-state index in [2.05, 4.69) is 65.6 Å². The molecule has 9 aromatic rings. The first kappa shape index (κ1) is 28.8. The Hall–Kier alpha value is -6.44. The summed E-state index contributed by atoms with van der Waals surface area (Å²) in [5.74, 6) is 2.58. The average molecular weight is 647 g/mol. The second kappa shape index (κ2) is 12.3. The van der Waals surface area contributed by atoms with Crippen molar-refractivity contribution in [3.63, 3.8) is 0 Å². The first-order valence-corrected chi connectivity index (χ1v) is 16.8. The van der Waals surface area contributed by atoms with Crippen molar-refractivity contribution >= 4 is 31.8 Å². The molecule has 0 atom stereocenters. The van der Waals surface area contributed by atoms with Crippen LogP contribution in [0, 0.1) is 0 Å². The average Bonchev–Trinajstić information content (AvgIpc) is 3.56. The van der Waals surface area contributed by atoms with Gasteiger partial charge in [0, 0.05) is 45.6 Å². The van der Waals surface area contributed by atoms with E-state index >= 15 is 0 Å². The Morgan fingerprint density at radius 3 is 1.53 bits per heavy atom. The molecular weight excluding hydrogens is 621 g/mol. The molecule has 0 spiro atoms. The summed E-state index contributed by atoms with van der Waals surface area (Å²) in [5, 5.41) is 1.02. The van der Waals surface area contributed by atoms with E-state index < -0.39 is 0 Å². The van der Waals surface area contributed by atoms with Crippen molar-refractivity contribution in [2.75, 3.05) is 0 Å². The van der Waals surface area contributed by atoms with E-state index in [0.717, 1.165) is 64.9 Å². The number of hydrogen-bond donors (Lipinski definition) is 0. The summed E-state index contributed by atoms with van der Waals surface area (Å²) >= 11 is 1.61. The molecule has 0 amide bonds. The molecule has 0 aliphatic rings. The van der Waals surface area contributed by atoms with Gasteiger partial charge < -0.3 is 0 Å². The van der Waals surface area contributed by atoms with Crippen LogP contribution in [0.15, 0.2) is 158 Å². The molecule has 5 aromatic carbocycles. The molecule has 0 N–H and O–H groups in total. The van der Waals surface area contributed by atoms with E-state index in [4.69, 9.17) is 24.9 Å². The van der Waals surface area contributed by atoms with Gasteiger partial charge in [0.2, 0.25) is 0 Å². The van der Waals surface area contributed by atoms with Crippen LogP contribution in [0.25, 0.3) is 88.2 Å². The molecule has 7 heteroatoms. The van der Waals surface area contributed by atoms with Crippen LogP contribution < -0.4 is 0 Å². The quantitative estimate of drug-likeness (QED) is 0.179. The van der Waals surface area contributed by atoms with E-state index in [-0.39, 0.29) is 0 Å². The van der Waals surface area contributed by atoms with Crippen LogP contribution >= 0.6 is 11.3 Å². The van der Waals surface area contributed by atoms with E-state index in [9.17, 15) is 0 Å². The van der Waals surface area contributed by atoms with Gasteiger partial charge in [0.05, 0.1) is 10.2 Å². The number of nitrogens with zero attached hydrogens (tertiary/aromatic N) is 6. The summed E-state index contributed by atoms with van der Waals surface area (Å²) in [5.41, 5.74) is 8.98. The fraction of sp³-hybridized carbons (Fsp3) is 0. The Morgan fingerprint density at radius 2 is 0.857 bits per heavy atom. The minimum atomic E-state index is 0.614. The van der Waals surface area contributed by atoms with Crippen LogP contribution in [0.5, 0.6) is 0 Å².